The van der Waals surface area contributed by atoms with Crippen LogP contribution in [0.4, 0.5) is 5.69 Å². The molecule has 1 nitrogen and oxygen atoms in total. The maximum Gasteiger partial charge on any atom is 0.0407 e. The fourth-order valence-electron chi connectivity index (χ4n) is 1.60. The maximum atomic E-state index is 5.82. The molecule has 1 aromatic carbocycles. The highest BCUT2D eigenvalue weighted by Gasteiger charge is 2.01. The summed E-state index contributed by atoms with van der Waals surface area (Å²) in [5.41, 5.74) is 1.16. The Bertz CT molecular complexity index is 268. The summed E-state index contributed by atoms with van der Waals surface area (Å²) in [6.07, 6.45) is 5.15. The molecule has 0 saturated heterocycles. The molecule has 0 aliphatic heterocycles. The lowest BCUT2D eigenvalue weighted by Gasteiger charge is -2.14. The molecule has 1 atom stereocenters. The molecule has 0 aliphatic rings. The van der Waals surface area contributed by atoms with Gasteiger partial charge in [-0.25, -0.2) is 0 Å². The average Bonchev–Trinajstić information content (AvgIpc) is 2.22. The van der Waals surface area contributed by atoms with Gasteiger partial charge in [0.15, 0.2) is 0 Å². The smallest absolute Gasteiger partial charge is 0.0407 e. The fourth-order valence-corrected chi connectivity index (χ4v) is 1.73. The number of anilines is 1. The summed E-state index contributed by atoms with van der Waals surface area (Å²) in [5.74, 6) is 0. The maximum absolute atomic E-state index is 5.82. The Hall–Kier alpha value is -0.690. The Kier molecular flexibility index (Phi) is 5.56. The summed E-state index contributed by atoms with van der Waals surface area (Å²) >= 11 is 5.82. The second-order valence-corrected chi connectivity index (χ2v) is 4.48. The molecule has 0 heterocycles. The lowest BCUT2D eigenvalue weighted by Crippen LogP contribution is -2.14. The molecule has 2 heteroatoms. The molecule has 84 valence electrons. The van der Waals surface area contributed by atoms with Gasteiger partial charge in [-0.2, -0.15) is 0 Å². The molecule has 1 unspecified atom stereocenters. The summed E-state index contributed by atoms with van der Waals surface area (Å²) in [6, 6.07) is 8.43. The lowest BCUT2D eigenvalue weighted by molar-refractivity contribution is 0.615. The molecule has 0 fully saturated rings. The minimum atomic E-state index is 0.540. The van der Waals surface area contributed by atoms with Gasteiger partial charge in [-0.3, -0.25) is 0 Å². The summed E-state index contributed by atoms with van der Waals surface area (Å²) < 4.78 is 0. The van der Waals surface area contributed by atoms with Crippen LogP contribution in [0.25, 0.3) is 0 Å². The van der Waals surface area contributed by atoms with Crippen LogP contribution in [0, 0.1) is 0 Å². The van der Waals surface area contributed by atoms with Crippen molar-refractivity contribution in [2.75, 3.05) is 5.32 Å². The van der Waals surface area contributed by atoms with Crippen molar-refractivity contribution in [3.05, 3.63) is 29.3 Å². The zero-order valence-corrected chi connectivity index (χ0v) is 10.3. The van der Waals surface area contributed by atoms with E-state index in [9.17, 15) is 0 Å². The molecular weight excluding hydrogens is 206 g/mol. The van der Waals surface area contributed by atoms with E-state index in [1.165, 1.54) is 25.7 Å². The van der Waals surface area contributed by atoms with Crippen molar-refractivity contribution < 1.29 is 0 Å². The van der Waals surface area contributed by atoms with Crippen molar-refractivity contribution in [1.82, 2.24) is 0 Å². The number of rotatable bonds is 6. The lowest BCUT2D eigenvalue weighted by atomic mass is 10.1. The molecule has 0 amide bonds. The largest absolute Gasteiger partial charge is 0.383 e. The highest BCUT2D eigenvalue weighted by molar-refractivity contribution is 6.30. The van der Waals surface area contributed by atoms with E-state index in [0.717, 1.165) is 10.7 Å². The van der Waals surface area contributed by atoms with Gasteiger partial charge in [-0.15, -0.1) is 0 Å². The van der Waals surface area contributed by atoms with Crippen molar-refractivity contribution in [1.29, 1.82) is 0 Å². The SMILES string of the molecule is CCCCCC(C)Nc1ccc(Cl)cc1. The quantitative estimate of drug-likeness (QED) is 0.691. The van der Waals surface area contributed by atoms with E-state index < -0.39 is 0 Å². The monoisotopic (exact) mass is 225 g/mol. The van der Waals surface area contributed by atoms with E-state index in [1.54, 1.807) is 0 Å². The first kappa shape index (κ1) is 12.4. The van der Waals surface area contributed by atoms with Gasteiger partial charge in [-0.05, 0) is 37.6 Å². The van der Waals surface area contributed by atoms with E-state index in [0.29, 0.717) is 6.04 Å². The highest BCUT2D eigenvalue weighted by atomic mass is 35.5. The molecule has 0 radical (unpaired) electrons. The van der Waals surface area contributed by atoms with Gasteiger partial charge < -0.3 is 5.32 Å². The third-order valence-electron chi connectivity index (χ3n) is 2.50. The molecule has 0 aliphatic carbocycles. The van der Waals surface area contributed by atoms with E-state index in [2.05, 4.69) is 19.2 Å². The summed E-state index contributed by atoms with van der Waals surface area (Å²) in [7, 11) is 0. The number of halogens is 1. The zero-order chi connectivity index (χ0) is 11.1. The minimum absolute atomic E-state index is 0.540. The molecular formula is C13H20ClN. The predicted molar refractivity (Wildman–Crippen MR) is 68.7 cm³/mol. The molecule has 0 saturated carbocycles. The first-order valence-electron chi connectivity index (χ1n) is 5.74. The highest BCUT2D eigenvalue weighted by Crippen LogP contribution is 2.15. The van der Waals surface area contributed by atoms with E-state index in [1.807, 2.05) is 24.3 Å². The molecule has 1 N–H and O–H groups in total. The Morgan fingerprint density at radius 2 is 1.87 bits per heavy atom. The summed E-state index contributed by atoms with van der Waals surface area (Å²) in [5, 5.41) is 4.26. The van der Waals surface area contributed by atoms with Crippen molar-refractivity contribution in [2.24, 2.45) is 0 Å². The second kappa shape index (κ2) is 6.73. The topological polar surface area (TPSA) is 12.0 Å². The van der Waals surface area contributed by atoms with Crippen LogP contribution < -0.4 is 5.32 Å². The minimum Gasteiger partial charge on any atom is -0.383 e. The van der Waals surface area contributed by atoms with Crippen molar-refractivity contribution in [3.63, 3.8) is 0 Å². The Labute approximate surface area is 97.8 Å². The van der Waals surface area contributed by atoms with E-state index in [4.69, 9.17) is 11.6 Å². The molecule has 0 aromatic heterocycles. The molecule has 15 heavy (non-hydrogen) atoms. The normalized spacial score (nSPS) is 12.5. The van der Waals surface area contributed by atoms with Crippen LogP contribution in [-0.2, 0) is 0 Å². The van der Waals surface area contributed by atoms with Crippen molar-refractivity contribution in [2.45, 2.75) is 45.6 Å². The van der Waals surface area contributed by atoms with Crippen LogP contribution in [0.5, 0.6) is 0 Å². The fraction of sp³-hybridized carbons (Fsp3) is 0.538. The molecule has 0 bridgehead atoms. The third-order valence-corrected chi connectivity index (χ3v) is 2.75. The van der Waals surface area contributed by atoms with E-state index in [-0.39, 0.29) is 0 Å². The van der Waals surface area contributed by atoms with Crippen LogP contribution >= 0.6 is 11.6 Å². The van der Waals surface area contributed by atoms with Crippen LogP contribution in [0.2, 0.25) is 5.02 Å². The Morgan fingerprint density at radius 3 is 2.47 bits per heavy atom. The van der Waals surface area contributed by atoms with Crippen LogP contribution in [0.15, 0.2) is 24.3 Å². The van der Waals surface area contributed by atoms with Gasteiger partial charge in [0, 0.05) is 16.8 Å². The standard InChI is InChI=1S/C13H20ClN/c1-3-4-5-6-11(2)15-13-9-7-12(14)8-10-13/h7-11,15H,3-6H2,1-2H3. The predicted octanol–water partition coefficient (Wildman–Crippen LogP) is 4.72. The molecule has 0 spiro atoms. The third kappa shape index (κ3) is 5.08. The van der Waals surface area contributed by atoms with Gasteiger partial charge in [0.1, 0.15) is 0 Å². The van der Waals surface area contributed by atoms with Gasteiger partial charge in [0.25, 0.3) is 0 Å². The van der Waals surface area contributed by atoms with Gasteiger partial charge in [0.2, 0.25) is 0 Å². The average molecular weight is 226 g/mol. The Balaban J connectivity index is 2.31. The number of nitrogens with one attached hydrogen (secondary N) is 1. The Morgan fingerprint density at radius 1 is 1.20 bits per heavy atom. The van der Waals surface area contributed by atoms with Gasteiger partial charge in [0.05, 0.1) is 0 Å². The number of hydrogen-bond acceptors (Lipinski definition) is 1. The first-order valence-corrected chi connectivity index (χ1v) is 6.12. The summed E-state index contributed by atoms with van der Waals surface area (Å²) in [4.78, 5) is 0. The first-order chi connectivity index (χ1) is 7.22. The van der Waals surface area contributed by atoms with Crippen LogP contribution in [0.1, 0.15) is 39.5 Å². The zero-order valence-electron chi connectivity index (χ0n) is 9.59. The van der Waals surface area contributed by atoms with Crippen molar-refractivity contribution in [3.8, 4) is 0 Å². The van der Waals surface area contributed by atoms with Crippen LogP contribution in [-0.4, -0.2) is 6.04 Å². The molecule has 1 rings (SSSR count). The van der Waals surface area contributed by atoms with Crippen LogP contribution in [0.3, 0.4) is 0 Å². The number of hydrogen-bond donors (Lipinski definition) is 1. The number of benzene rings is 1. The molecule has 1 aromatic rings. The van der Waals surface area contributed by atoms with Gasteiger partial charge >= 0.3 is 0 Å². The van der Waals surface area contributed by atoms with E-state index >= 15 is 0 Å². The number of unbranched alkanes of at least 4 members (excludes halogenated alkanes) is 2. The summed E-state index contributed by atoms with van der Waals surface area (Å²) in [6.45, 7) is 4.46. The van der Waals surface area contributed by atoms with Gasteiger partial charge in [-0.1, -0.05) is 37.8 Å². The van der Waals surface area contributed by atoms with Crippen molar-refractivity contribution >= 4 is 17.3 Å². The second-order valence-electron chi connectivity index (χ2n) is 4.05.